The summed E-state index contributed by atoms with van der Waals surface area (Å²) in [5, 5.41) is 2.96. The van der Waals surface area contributed by atoms with Gasteiger partial charge in [0, 0.05) is 30.8 Å². The summed E-state index contributed by atoms with van der Waals surface area (Å²) in [6, 6.07) is 3.92. The third-order valence-corrected chi connectivity index (χ3v) is 5.28. The van der Waals surface area contributed by atoms with Crippen LogP contribution in [0.5, 0.6) is 11.5 Å². The van der Waals surface area contributed by atoms with Gasteiger partial charge in [0.15, 0.2) is 11.5 Å². The van der Waals surface area contributed by atoms with Gasteiger partial charge in [-0.2, -0.15) is 0 Å². The summed E-state index contributed by atoms with van der Waals surface area (Å²) in [7, 11) is 3.14. The molecule has 1 saturated carbocycles. The van der Waals surface area contributed by atoms with Crippen LogP contribution in [0.15, 0.2) is 12.1 Å². The summed E-state index contributed by atoms with van der Waals surface area (Å²) < 4.78 is 10.6. The molecule has 2 fully saturated rings. The Balaban J connectivity index is 1.69. The van der Waals surface area contributed by atoms with Crippen molar-refractivity contribution in [2.75, 3.05) is 26.1 Å². The van der Waals surface area contributed by atoms with E-state index in [2.05, 4.69) is 5.32 Å². The van der Waals surface area contributed by atoms with Gasteiger partial charge in [-0.05, 0) is 31.4 Å². The number of benzene rings is 1. The molecule has 2 aliphatic rings. The number of likely N-dealkylation sites (tertiary alicyclic amines) is 1. The van der Waals surface area contributed by atoms with E-state index < -0.39 is 0 Å². The van der Waals surface area contributed by atoms with Gasteiger partial charge < -0.3 is 19.7 Å². The molecule has 136 valence electrons. The van der Waals surface area contributed by atoms with Gasteiger partial charge in [-0.3, -0.25) is 9.59 Å². The minimum absolute atomic E-state index is 0.107. The Morgan fingerprint density at radius 2 is 1.80 bits per heavy atom. The molecular formula is C19H26N2O4. The first-order valence-electron chi connectivity index (χ1n) is 8.86. The molecule has 1 atom stereocenters. The average Bonchev–Trinajstić information content (AvgIpc) is 3.25. The Morgan fingerprint density at radius 1 is 1.16 bits per heavy atom. The second kappa shape index (κ2) is 7.33. The molecule has 0 bridgehead atoms. The van der Waals surface area contributed by atoms with E-state index in [9.17, 15) is 9.59 Å². The van der Waals surface area contributed by atoms with E-state index >= 15 is 0 Å². The smallest absolute Gasteiger partial charge is 0.229 e. The molecule has 25 heavy (non-hydrogen) atoms. The van der Waals surface area contributed by atoms with Crippen molar-refractivity contribution >= 4 is 17.5 Å². The summed E-state index contributed by atoms with van der Waals surface area (Å²) in [4.78, 5) is 26.9. The highest BCUT2D eigenvalue weighted by molar-refractivity contribution is 5.98. The zero-order valence-corrected chi connectivity index (χ0v) is 15.1. The largest absolute Gasteiger partial charge is 0.493 e. The second-order valence-electron chi connectivity index (χ2n) is 6.90. The van der Waals surface area contributed by atoms with Gasteiger partial charge in [-0.1, -0.05) is 12.8 Å². The van der Waals surface area contributed by atoms with Crippen LogP contribution in [0.3, 0.4) is 0 Å². The molecule has 0 radical (unpaired) electrons. The SMILES string of the molecule is COc1cc(C)c(NC(=O)[C@@H]2CC(=O)N(C3CCCC3)C2)cc1OC. The van der Waals surface area contributed by atoms with Crippen LogP contribution in [0.1, 0.15) is 37.7 Å². The first kappa shape index (κ1) is 17.6. The first-order valence-corrected chi connectivity index (χ1v) is 8.86. The van der Waals surface area contributed by atoms with Crippen LogP contribution in [-0.2, 0) is 9.59 Å². The number of carbonyl (C=O) groups is 2. The minimum Gasteiger partial charge on any atom is -0.493 e. The minimum atomic E-state index is -0.291. The van der Waals surface area contributed by atoms with E-state index in [0.717, 1.165) is 18.4 Å². The van der Waals surface area contributed by atoms with Crippen LogP contribution >= 0.6 is 0 Å². The lowest BCUT2D eigenvalue weighted by molar-refractivity contribution is -0.129. The number of hydrogen-bond acceptors (Lipinski definition) is 4. The maximum atomic E-state index is 12.7. The number of amides is 2. The molecule has 1 saturated heterocycles. The Bertz CT molecular complexity index is 668. The lowest BCUT2D eigenvalue weighted by Crippen LogP contribution is -2.35. The molecule has 3 rings (SSSR count). The van der Waals surface area contributed by atoms with Crippen LogP contribution < -0.4 is 14.8 Å². The van der Waals surface area contributed by atoms with Gasteiger partial charge in [-0.25, -0.2) is 0 Å². The van der Waals surface area contributed by atoms with E-state index in [1.807, 2.05) is 17.9 Å². The highest BCUT2D eigenvalue weighted by atomic mass is 16.5. The van der Waals surface area contributed by atoms with Crippen LogP contribution in [-0.4, -0.2) is 43.5 Å². The zero-order valence-electron chi connectivity index (χ0n) is 15.1. The molecule has 2 amide bonds. The van der Waals surface area contributed by atoms with Crippen LogP contribution in [0, 0.1) is 12.8 Å². The van der Waals surface area contributed by atoms with E-state index in [4.69, 9.17) is 9.47 Å². The average molecular weight is 346 g/mol. The molecule has 1 aromatic rings. The molecule has 0 unspecified atom stereocenters. The highest BCUT2D eigenvalue weighted by Crippen LogP contribution is 2.34. The van der Waals surface area contributed by atoms with Crippen molar-refractivity contribution < 1.29 is 19.1 Å². The monoisotopic (exact) mass is 346 g/mol. The molecule has 6 heteroatoms. The lowest BCUT2D eigenvalue weighted by atomic mass is 10.1. The number of ether oxygens (including phenoxy) is 2. The van der Waals surface area contributed by atoms with Crippen molar-refractivity contribution in [3.8, 4) is 11.5 Å². The number of hydrogen-bond donors (Lipinski definition) is 1. The fraction of sp³-hybridized carbons (Fsp3) is 0.579. The summed E-state index contributed by atoms with van der Waals surface area (Å²) in [6.07, 6.45) is 4.78. The molecule has 1 aliphatic heterocycles. The third kappa shape index (κ3) is 3.57. The van der Waals surface area contributed by atoms with Crippen LogP contribution in [0.2, 0.25) is 0 Å². The van der Waals surface area contributed by atoms with Gasteiger partial charge >= 0.3 is 0 Å². The molecule has 1 aromatic carbocycles. The number of nitrogens with zero attached hydrogens (tertiary/aromatic N) is 1. The maximum Gasteiger partial charge on any atom is 0.229 e. The highest BCUT2D eigenvalue weighted by Gasteiger charge is 2.38. The van der Waals surface area contributed by atoms with Crippen molar-refractivity contribution in [2.24, 2.45) is 5.92 Å². The predicted molar refractivity (Wildman–Crippen MR) is 95.0 cm³/mol. The number of nitrogens with one attached hydrogen (secondary N) is 1. The predicted octanol–water partition coefficient (Wildman–Crippen LogP) is 2.74. The number of anilines is 1. The standard InChI is InChI=1S/C19H26N2O4/c1-12-8-16(24-2)17(25-3)10-15(12)20-19(23)13-9-18(22)21(11-13)14-6-4-5-7-14/h8,10,13-14H,4-7,9,11H2,1-3H3,(H,20,23)/t13-/m1/s1. The summed E-state index contributed by atoms with van der Waals surface area (Å²) >= 11 is 0. The molecule has 1 N–H and O–H groups in total. The van der Waals surface area contributed by atoms with E-state index in [1.165, 1.54) is 12.8 Å². The van der Waals surface area contributed by atoms with E-state index in [1.54, 1.807) is 20.3 Å². The van der Waals surface area contributed by atoms with Crippen molar-refractivity contribution in [2.45, 2.75) is 45.1 Å². The topological polar surface area (TPSA) is 67.9 Å². The fourth-order valence-electron chi connectivity index (χ4n) is 3.83. The van der Waals surface area contributed by atoms with Gasteiger partial charge in [-0.15, -0.1) is 0 Å². The lowest BCUT2D eigenvalue weighted by Gasteiger charge is -2.24. The summed E-state index contributed by atoms with van der Waals surface area (Å²) in [6.45, 7) is 2.43. The molecule has 6 nitrogen and oxygen atoms in total. The summed E-state index contributed by atoms with van der Waals surface area (Å²) in [5.74, 6) is 0.903. The molecule has 1 aliphatic carbocycles. The number of methoxy groups -OCH3 is 2. The normalized spacial score (nSPS) is 20.8. The Hall–Kier alpha value is -2.24. The zero-order chi connectivity index (χ0) is 18.0. The van der Waals surface area contributed by atoms with Crippen molar-refractivity contribution in [3.63, 3.8) is 0 Å². The van der Waals surface area contributed by atoms with Gasteiger partial charge in [0.05, 0.1) is 20.1 Å². The summed E-state index contributed by atoms with van der Waals surface area (Å²) in [5.41, 5.74) is 1.58. The van der Waals surface area contributed by atoms with E-state index in [0.29, 0.717) is 36.2 Å². The Labute approximate surface area is 148 Å². The third-order valence-electron chi connectivity index (χ3n) is 5.28. The van der Waals surface area contributed by atoms with Crippen LogP contribution in [0.4, 0.5) is 5.69 Å². The Kier molecular flexibility index (Phi) is 5.16. The van der Waals surface area contributed by atoms with Crippen molar-refractivity contribution in [1.29, 1.82) is 0 Å². The van der Waals surface area contributed by atoms with Crippen LogP contribution in [0.25, 0.3) is 0 Å². The van der Waals surface area contributed by atoms with E-state index in [-0.39, 0.29) is 17.7 Å². The number of aryl methyl sites for hydroxylation is 1. The van der Waals surface area contributed by atoms with Gasteiger partial charge in [0.1, 0.15) is 0 Å². The van der Waals surface area contributed by atoms with Gasteiger partial charge in [0.25, 0.3) is 0 Å². The number of rotatable bonds is 5. The number of carbonyl (C=O) groups excluding carboxylic acids is 2. The van der Waals surface area contributed by atoms with Crippen molar-refractivity contribution in [3.05, 3.63) is 17.7 Å². The molecular weight excluding hydrogens is 320 g/mol. The van der Waals surface area contributed by atoms with Crippen molar-refractivity contribution in [1.82, 2.24) is 4.90 Å². The first-order chi connectivity index (χ1) is 12.0. The molecule has 0 spiro atoms. The maximum absolute atomic E-state index is 12.7. The Morgan fingerprint density at radius 3 is 2.44 bits per heavy atom. The second-order valence-corrected chi connectivity index (χ2v) is 6.90. The molecule has 0 aromatic heterocycles. The van der Waals surface area contributed by atoms with Gasteiger partial charge in [0.2, 0.25) is 11.8 Å². The quantitative estimate of drug-likeness (QED) is 0.890. The molecule has 1 heterocycles. The fourth-order valence-corrected chi connectivity index (χ4v) is 3.83.